The summed E-state index contributed by atoms with van der Waals surface area (Å²) in [5, 5.41) is 11.3. The zero-order chi connectivity index (χ0) is 26.8. The molecular formula is C33H47N3O2. The maximum Gasteiger partial charge on any atom is 0.271 e. The van der Waals surface area contributed by atoms with Gasteiger partial charge >= 0.3 is 0 Å². The van der Waals surface area contributed by atoms with E-state index in [1.165, 1.54) is 69.9 Å². The molecule has 4 aliphatic rings. The fourth-order valence-electron chi connectivity index (χ4n) is 10.3. The Morgan fingerprint density at radius 1 is 0.947 bits per heavy atom. The van der Waals surface area contributed by atoms with Gasteiger partial charge in [-0.2, -0.15) is 0 Å². The van der Waals surface area contributed by atoms with Crippen LogP contribution in [0.15, 0.2) is 18.2 Å². The second-order valence-electron chi connectivity index (χ2n) is 14.5. The fraction of sp³-hybridized carbons (Fsp3) is 0.758. The van der Waals surface area contributed by atoms with Crippen molar-refractivity contribution in [2.24, 2.45) is 46.3 Å². The van der Waals surface area contributed by atoms with Crippen molar-refractivity contribution in [2.45, 2.75) is 111 Å². The minimum Gasteiger partial charge on any atom is -0.258 e. The first-order valence-electron chi connectivity index (χ1n) is 15.6. The molecule has 0 radical (unpaired) electrons. The molecule has 0 aliphatic heterocycles. The molecule has 5 heteroatoms. The van der Waals surface area contributed by atoms with Crippen LogP contribution < -0.4 is 0 Å². The van der Waals surface area contributed by atoms with Crippen molar-refractivity contribution >= 4 is 16.7 Å². The highest BCUT2D eigenvalue weighted by atomic mass is 16.6. The number of nitrogens with zero attached hydrogens (tertiary/aromatic N) is 3. The molecule has 4 aliphatic carbocycles. The first kappa shape index (κ1) is 26.2. The molecule has 0 saturated heterocycles. The van der Waals surface area contributed by atoms with E-state index >= 15 is 0 Å². The van der Waals surface area contributed by atoms with E-state index < -0.39 is 0 Å². The molecule has 38 heavy (non-hydrogen) atoms. The van der Waals surface area contributed by atoms with Gasteiger partial charge in [-0.25, -0.2) is 9.97 Å². The van der Waals surface area contributed by atoms with E-state index in [2.05, 4.69) is 34.6 Å². The van der Waals surface area contributed by atoms with Crippen molar-refractivity contribution in [1.82, 2.24) is 9.97 Å². The molecule has 2 aromatic rings. The molecular weight excluding hydrogens is 470 g/mol. The van der Waals surface area contributed by atoms with Crippen LogP contribution in [0.4, 0.5) is 5.69 Å². The SMILES string of the molecule is CC(C)CCCC(C)C1CCC2C3CCC4c5nc6ccc([N+](=O)[O-])cc6nc5CCC4(C)C3CCC12C. The van der Waals surface area contributed by atoms with Crippen molar-refractivity contribution in [3.63, 3.8) is 0 Å². The Hall–Kier alpha value is -2.04. The molecule has 3 fully saturated rings. The molecule has 0 bridgehead atoms. The Bertz CT molecular complexity index is 1230. The van der Waals surface area contributed by atoms with E-state index in [4.69, 9.17) is 9.97 Å². The van der Waals surface area contributed by atoms with Gasteiger partial charge in [-0.05, 0) is 104 Å². The minimum atomic E-state index is -0.338. The second kappa shape index (κ2) is 9.55. The minimum absolute atomic E-state index is 0.0993. The van der Waals surface area contributed by atoms with E-state index in [0.29, 0.717) is 22.3 Å². The first-order valence-corrected chi connectivity index (χ1v) is 15.6. The number of aromatic nitrogens is 2. The van der Waals surface area contributed by atoms with E-state index in [-0.39, 0.29) is 10.6 Å². The van der Waals surface area contributed by atoms with Crippen LogP contribution in [0, 0.1) is 56.5 Å². The van der Waals surface area contributed by atoms with Gasteiger partial charge in [-0.1, -0.05) is 53.9 Å². The van der Waals surface area contributed by atoms with Crippen LogP contribution in [-0.2, 0) is 6.42 Å². The summed E-state index contributed by atoms with van der Waals surface area (Å²) in [5.74, 6) is 5.59. The average Bonchev–Trinajstić information content (AvgIpc) is 3.24. The highest BCUT2D eigenvalue weighted by Gasteiger charge is 2.61. The molecule has 5 nitrogen and oxygen atoms in total. The van der Waals surface area contributed by atoms with E-state index in [1.54, 1.807) is 18.2 Å². The van der Waals surface area contributed by atoms with E-state index in [1.807, 2.05) is 0 Å². The molecule has 8 atom stereocenters. The third-order valence-corrected chi connectivity index (χ3v) is 12.3. The highest BCUT2D eigenvalue weighted by molar-refractivity contribution is 5.77. The summed E-state index contributed by atoms with van der Waals surface area (Å²) in [5.41, 5.74) is 4.69. The molecule has 8 unspecified atom stereocenters. The molecule has 6 rings (SSSR count). The summed E-state index contributed by atoms with van der Waals surface area (Å²) in [4.78, 5) is 21.0. The maximum absolute atomic E-state index is 11.3. The van der Waals surface area contributed by atoms with Gasteiger partial charge in [-0.15, -0.1) is 0 Å². The lowest BCUT2D eigenvalue weighted by Crippen LogP contribution is -2.53. The lowest BCUT2D eigenvalue weighted by Gasteiger charge is -2.60. The quantitative estimate of drug-likeness (QED) is 0.283. The predicted octanol–water partition coefficient (Wildman–Crippen LogP) is 8.89. The molecule has 3 saturated carbocycles. The molecule has 0 N–H and O–H groups in total. The number of nitro benzene ring substituents is 1. The van der Waals surface area contributed by atoms with Crippen LogP contribution in [0.25, 0.3) is 11.0 Å². The lowest BCUT2D eigenvalue weighted by atomic mass is 9.44. The van der Waals surface area contributed by atoms with Gasteiger partial charge < -0.3 is 0 Å². The Kier molecular flexibility index (Phi) is 6.59. The summed E-state index contributed by atoms with van der Waals surface area (Å²) in [7, 11) is 0. The number of aryl methyl sites for hydroxylation is 1. The standard InChI is InChI=1S/C33H47N3O2/c1-20(2)7-6-8-21(3)24-12-13-25-23-10-11-27-31-29(16-18-33(27,5)26(23)15-17-32(24,25)4)34-30-19-22(36(37)38)9-14-28(30)35-31/h9,14,19-21,23-27H,6-8,10-13,15-18H2,1-5H3. The van der Waals surface area contributed by atoms with Crippen molar-refractivity contribution in [1.29, 1.82) is 0 Å². The number of nitro groups is 1. The first-order chi connectivity index (χ1) is 18.1. The summed E-state index contributed by atoms with van der Waals surface area (Å²) in [6.07, 6.45) is 14.5. The zero-order valence-corrected chi connectivity index (χ0v) is 24.2. The molecule has 206 valence electrons. The van der Waals surface area contributed by atoms with Gasteiger partial charge in [0.1, 0.15) is 0 Å². The van der Waals surface area contributed by atoms with Crippen LogP contribution in [0.2, 0.25) is 0 Å². The summed E-state index contributed by atoms with van der Waals surface area (Å²) < 4.78 is 0. The highest BCUT2D eigenvalue weighted by Crippen LogP contribution is 2.69. The second-order valence-corrected chi connectivity index (χ2v) is 14.5. The Morgan fingerprint density at radius 2 is 1.74 bits per heavy atom. The lowest BCUT2D eigenvalue weighted by molar-refractivity contribution is -0.384. The normalized spacial score (nSPS) is 36.8. The summed E-state index contributed by atoms with van der Waals surface area (Å²) >= 11 is 0. The Balaban J connectivity index is 1.24. The number of rotatable bonds is 6. The van der Waals surface area contributed by atoms with Crippen molar-refractivity contribution in [3.05, 3.63) is 39.7 Å². The third kappa shape index (κ3) is 4.09. The fourth-order valence-corrected chi connectivity index (χ4v) is 10.3. The number of non-ortho nitro benzene ring substituents is 1. The number of hydrogen-bond acceptors (Lipinski definition) is 4. The summed E-state index contributed by atoms with van der Waals surface area (Å²) in [6, 6.07) is 4.96. The molecule has 1 aromatic heterocycles. The van der Waals surface area contributed by atoms with Gasteiger partial charge in [0.05, 0.1) is 27.3 Å². The Morgan fingerprint density at radius 3 is 2.50 bits per heavy atom. The van der Waals surface area contributed by atoms with Gasteiger partial charge in [0, 0.05) is 18.1 Å². The topological polar surface area (TPSA) is 68.9 Å². The Labute approximate surface area is 228 Å². The molecule has 1 heterocycles. The number of fused-ring (bicyclic) bond motifs is 8. The number of benzene rings is 1. The zero-order valence-electron chi connectivity index (χ0n) is 24.2. The van der Waals surface area contributed by atoms with E-state index in [9.17, 15) is 10.1 Å². The van der Waals surface area contributed by atoms with Crippen molar-refractivity contribution in [2.75, 3.05) is 0 Å². The maximum atomic E-state index is 11.3. The molecule has 1 aromatic carbocycles. The molecule has 0 spiro atoms. The summed E-state index contributed by atoms with van der Waals surface area (Å²) in [6.45, 7) is 12.6. The van der Waals surface area contributed by atoms with Crippen LogP contribution >= 0.6 is 0 Å². The number of hydrogen-bond donors (Lipinski definition) is 0. The van der Waals surface area contributed by atoms with Gasteiger partial charge in [0.15, 0.2) is 0 Å². The van der Waals surface area contributed by atoms with Crippen LogP contribution in [0.5, 0.6) is 0 Å². The van der Waals surface area contributed by atoms with Gasteiger partial charge in [0.2, 0.25) is 0 Å². The third-order valence-electron chi connectivity index (χ3n) is 12.3. The van der Waals surface area contributed by atoms with Gasteiger partial charge in [0.25, 0.3) is 5.69 Å². The monoisotopic (exact) mass is 517 g/mol. The molecule has 0 amide bonds. The average molecular weight is 518 g/mol. The van der Waals surface area contributed by atoms with E-state index in [0.717, 1.165) is 53.1 Å². The van der Waals surface area contributed by atoms with Crippen molar-refractivity contribution in [3.8, 4) is 0 Å². The smallest absolute Gasteiger partial charge is 0.258 e. The van der Waals surface area contributed by atoms with Crippen molar-refractivity contribution < 1.29 is 4.92 Å². The van der Waals surface area contributed by atoms with Crippen LogP contribution in [-0.4, -0.2) is 14.9 Å². The largest absolute Gasteiger partial charge is 0.271 e. The van der Waals surface area contributed by atoms with Crippen LogP contribution in [0.3, 0.4) is 0 Å². The van der Waals surface area contributed by atoms with Gasteiger partial charge in [-0.3, -0.25) is 10.1 Å². The van der Waals surface area contributed by atoms with Crippen LogP contribution in [0.1, 0.15) is 116 Å². The predicted molar refractivity (Wildman–Crippen MR) is 153 cm³/mol.